The smallest absolute Gasteiger partial charge is 0.295 e. The van der Waals surface area contributed by atoms with E-state index < -0.39 is 0 Å². The summed E-state index contributed by atoms with van der Waals surface area (Å²) in [6.45, 7) is 4.01. The van der Waals surface area contributed by atoms with E-state index in [2.05, 4.69) is 15.6 Å². The van der Waals surface area contributed by atoms with Gasteiger partial charge in [0.2, 0.25) is 5.91 Å². The van der Waals surface area contributed by atoms with Gasteiger partial charge in [0.25, 0.3) is 6.01 Å². The molecule has 0 aliphatic rings. The predicted molar refractivity (Wildman–Crippen MR) is 79.6 cm³/mol. The number of aromatic nitrogens is 1. The number of nitriles is 1. The maximum atomic E-state index is 11.3. The van der Waals surface area contributed by atoms with E-state index in [1.54, 1.807) is 24.5 Å². The third-order valence-electron chi connectivity index (χ3n) is 2.62. The lowest BCUT2D eigenvalue weighted by atomic mass is 10.1. The summed E-state index contributed by atoms with van der Waals surface area (Å²) in [5.74, 6) is -0.324. The van der Waals surface area contributed by atoms with Crippen molar-refractivity contribution in [2.24, 2.45) is 0 Å². The lowest BCUT2D eigenvalue weighted by Gasteiger charge is -2.04. The third kappa shape index (κ3) is 4.08. The topological polar surface area (TPSA) is 91.0 Å². The van der Waals surface area contributed by atoms with Gasteiger partial charge in [0, 0.05) is 17.3 Å². The molecule has 0 fully saturated rings. The molecule has 0 saturated heterocycles. The number of benzene rings is 1. The first-order chi connectivity index (χ1) is 10.1. The van der Waals surface area contributed by atoms with Crippen molar-refractivity contribution >= 4 is 17.6 Å². The van der Waals surface area contributed by atoms with Gasteiger partial charge < -0.3 is 15.1 Å². The van der Waals surface area contributed by atoms with Gasteiger partial charge in [0.1, 0.15) is 18.4 Å². The van der Waals surface area contributed by atoms with Gasteiger partial charge in [-0.15, -0.1) is 0 Å². The normalized spacial score (nSPS) is 10.2. The van der Waals surface area contributed by atoms with Crippen LogP contribution in [0.1, 0.15) is 20.3 Å². The molecule has 108 valence electrons. The highest BCUT2D eigenvalue weighted by Crippen LogP contribution is 2.22. The highest BCUT2D eigenvalue weighted by atomic mass is 16.4. The number of carbonyl (C=O) groups is 1. The Kier molecular flexibility index (Phi) is 4.57. The molecule has 0 spiro atoms. The number of hydrogen-bond acceptors (Lipinski definition) is 5. The summed E-state index contributed by atoms with van der Waals surface area (Å²) < 4.78 is 5.33. The Morgan fingerprint density at radius 2 is 2.10 bits per heavy atom. The predicted octanol–water partition coefficient (Wildman–Crippen LogP) is 3.01. The Hall–Kier alpha value is -2.81. The zero-order chi connectivity index (χ0) is 15.2. The Bertz CT molecular complexity index is 653. The van der Waals surface area contributed by atoms with Crippen LogP contribution in [0.15, 0.2) is 34.9 Å². The minimum Gasteiger partial charge on any atom is -0.432 e. The summed E-state index contributed by atoms with van der Waals surface area (Å²) in [5, 5.41) is 14.2. The first-order valence-corrected chi connectivity index (χ1v) is 6.58. The number of amides is 1. The Labute approximate surface area is 122 Å². The van der Waals surface area contributed by atoms with E-state index in [-0.39, 0.29) is 18.4 Å². The standard InChI is InChI=1S/C15H16N4O2/c1-10(2)17-15-19-13(9-21-15)11-3-5-12(6-4-11)18-14(20)7-8-16/h3-6,9-10H,7H2,1-2H3,(H,17,19)(H,18,20). The molecular weight excluding hydrogens is 268 g/mol. The molecule has 6 heteroatoms. The van der Waals surface area contributed by atoms with E-state index in [0.717, 1.165) is 5.56 Å². The number of rotatable bonds is 5. The summed E-state index contributed by atoms with van der Waals surface area (Å²) in [6.07, 6.45) is 1.42. The number of nitrogens with one attached hydrogen (secondary N) is 2. The van der Waals surface area contributed by atoms with Crippen molar-refractivity contribution in [3.63, 3.8) is 0 Å². The molecule has 0 radical (unpaired) electrons. The zero-order valence-electron chi connectivity index (χ0n) is 11.9. The molecule has 1 heterocycles. The van der Waals surface area contributed by atoms with Crippen LogP contribution in [0.25, 0.3) is 11.3 Å². The molecule has 2 rings (SSSR count). The average Bonchev–Trinajstić information content (AvgIpc) is 2.87. The van der Waals surface area contributed by atoms with Crippen LogP contribution in [-0.4, -0.2) is 16.9 Å². The van der Waals surface area contributed by atoms with Crippen LogP contribution in [0.4, 0.5) is 11.7 Å². The Balaban J connectivity index is 2.06. The van der Waals surface area contributed by atoms with Crippen LogP contribution in [0.3, 0.4) is 0 Å². The second kappa shape index (κ2) is 6.57. The molecule has 2 N–H and O–H groups in total. The lowest BCUT2D eigenvalue weighted by molar-refractivity contribution is -0.115. The quantitative estimate of drug-likeness (QED) is 0.880. The van der Waals surface area contributed by atoms with Gasteiger partial charge in [-0.1, -0.05) is 12.1 Å². The van der Waals surface area contributed by atoms with Crippen LogP contribution in [0, 0.1) is 11.3 Å². The molecule has 1 aromatic heterocycles. The van der Waals surface area contributed by atoms with Gasteiger partial charge in [-0.05, 0) is 26.0 Å². The van der Waals surface area contributed by atoms with E-state index in [4.69, 9.17) is 9.68 Å². The number of anilines is 2. The maximum absolute atomic E-state index is 11.3. The summed E-state index contributed by atoms with van der Waals surface area (Å²) in [6, 6.07) is 9.71. The molecule has 2 aromatic rings. The summed E-state index contributed by atoms with van der Waals surface area (Å²) in [7, 11) is 0. The fraction of sp³-hybridized carbons (Fsp3) is 0.267. The minimum atomic E-state index is -0.324. The molecule has 0 unspecified atom stereocenters. The van der Waals surface area contributed by atoms with Crippen molar-refractivity contribution in [2.45, 2.75) is 26.3 Å². The highest BCUT2D eigenvalue weighted by molar-refractivity contribution is 5.92. The van der Waals surface area contributed by atoms with Gasteiger partial charge in [0.05, 0.1) is 6.07 Å². The van der Waals surface area contributed by atoms with Crippen LogP contribution < -0.4 is 10.6 Å². The molecule has 1 aromatic carbocycles. The molecule has 0 aliphatic carbocycles. The van der Waals surface area contributed by atoms with Crippen LogP contribution >= 0.6 is 0 Å². The van der Waals surface area contributed by atoms with Gasteiger partial charge in [0.15, 0.2) is 0 Å². The first-order valence-electron chi connectivity index (χ1n) is 6.58. The molecule has 0 atom stereocenters. The van der Waals surface area contributed by atoms with Crippen molar-refractivity contribution in [1.82, 2.24) is 4.98 Å². The zero-order valence-corrected chi connectivity index (χ0v) is 11.9. The van der Waals surface area contributed by atoms with Crippen LogP contribution in [0.5, 0.6) is 0 Å². The Morgan fingerprint density at radius 1 is 1.38 bits per heavy atom. The van der Waals surface area contributed by atoms with Crippen LogP contribution in [-0.2, 0) is 4.79 Å². The number of nitrogens with zero attached hydrogens (tertiary/aromatic N) is 2. The summed E-state index contributed by atoms with van der Waals surface area (Å²) in [5.41, 5.74) is 2.24. The number of hydrogen-bond donors (Lipinski definition) is 2. The molecule has 21 heavy (non-hydrogen) atoms. The SMILES string of the molecule is CC(C)Nc1nc(-c2ccc(NC(=O)CC#N)cc2)co1. The summed E-state index contributed by atoms with van der Waals surface area (Å²) >= 11 is 0. The second-order valence-corrected chi connectivity index (χ2v) is 4.80. The molecule has 6 nitrogen and oxygen atoms in total. The average molecular weight is 284 g/mol. The number of carbonyl (C=O) groups excluding carboxylic acids is 1. The minimum absolute atomic E-state index is 0.157. The van der Waals surface area contributed by atoms with Crippen molar-refractivity contribution in [3.05, 3.63) is 30.5 Å². The number of oxazole rings is 1. The lowest BCUT2D eigenvalue weighted by Crippen LogP contribution is -2.09. The fourth-order valence-electron chi connectivity index (χ4n) is 1.72. The third-order valence-corrected chi connectivity index (χ3v) is 2.62. The fourth-order valence-corrected chi connectivity index (χ4v) is 1.72. The van der Waals surface area contributed by atoms with E-state index in [1.165, 1.54) is 0 Å². The molecule has 0 saturated carbocycles. The van der Waals surface area contributed by atoms with Crippen molar-refractivity contribution < 1.29 is 9.21 Å². The highest BCUT2D eigenvalue weighted by Gasteiger charge is 2.07. The van der Waals surface area contributed by atoms with Crippen molar-refractivity contribution in [3.8, 4) is 17.3 Å². The summed E-state index contributed by atoms with van der Waals surface area (Å²) in [4.78, 5) is 15.6. The van der Waals surface area contributed by atoms with Crippen molar-refractivity contribution in [2.75, 3.05) is 10.6 Å². The van der Waals surface area contributed by atoms with Gasteiger partial charge in [-0.2, -0.15) is 10.2 Å². The maximum Gasteiger partial charge on any atom is 0.295 e. The van der Waals surface area contributed by atoms with E-state index >= 15 is 0 Å². The van der Waals surface area contributed by atoms with Crippen molar-refractivity contribution in [1.29, 1.82) is 5.26 Å². The van der Waals surface area contributed by atoms with Gasteiger partial charge >= 0.3 is 0 Å². The Morgan fingerprint density at radius 3 is 2.71 bits per heavy atom. The molecule has 0 aliphatic heterocycles. The molecule has 1 amide bonds. The van der Waals surface area contributed by atoms with Crippen LogP contribution in [0.2, 0.25) is 0 Å². The van der Waals surface area contributed by atoms with E-state index in [1.807, 2.05) is 26.0 Å². The van der Waals surface area contributed by atoms with E-state index in [9.17, 15) is 4.79 Å². The monoisotopic (exact) mass is 284 g/mol. The van der Waals surface area contributed by atoms with E-state index in [0.29, 0.717) is 17.4 Å². The second-order valence-electron chi connectivity index (χ2n) is 4.80. The van der Waals surface area contributed by atoms with Gasteiger partial charge in [-0.3, -0.25) is 4.79 Å². The largest absolute Gasteiger partial charge is 0.432 e. The molecule has 0 bridgehead atoms. The molecular formula is C15H16N4O2. The first kappa shape index (κ1) is 14.6. The van der Waals surface area contributed by atoms with Gasteiger partial charge in [-0.25, -0.2) is 0 Å².